The summed E-state index contributed by atoms with van der Waals surface area (Å²) in [5.41, 5.74) is 1.29. The van der Waals surface area contributed by atoms with Crippen LogP contribution in [-0.2, 0) is 11.2 Å². The maximum atomic E-state index is 5.88. The van der Waals surface area contributed by atoms with Gasteiger partial charge >= 0.3 is 0 Å². The zero-order chi connectivity index (χ0) is 13.5. The monoisotopic (exact) mass is 327 g/mol. The summed E-state index contributed by atoms with van der Waals surface area (Å²) in [5, 5.41) is 3.39. The standard InChI is InChI=1S/C15H22BrNO2/c1-2-3-7-18-8-6-17-11-14-10-12-9-13(16)4-5-15(12)19-14/h4-5,9,14,17H,2-3,6-8,10-11H2,1H3. The Morgan fingerprint density at radius 2 is 2.32 bits per heavy atom. The van der Waals surface area contributed by atoms with Crippen molar-refractivity contribution >= 4 is 15.9 Å². The van der Waals surface area contributed by atoms with Gasteiger partial charge in [-0.05, 0) is 30.2 Å². The van der Waals surface area contributed by atoms with E-state index in [1.54, 1.807) is 0 Å². The number of rotatable bonds is 8. The molecule has 0 bridgehead atoms. The molecule has 0 spiro atoms. The Labute approximate surface area is 123 Å². The fraction of sp³-hybridized carbons (Fsp3) is 0.600. The van der Waals surface area contributed by atoms with E-state index in [1.807, 2.05) is 12.1 Å². The first-order valence-electron chi connectivity index (χ1n) is 7.03. The van der Waals surface area contributed by atoms with E-state index in [0.29, 0.717) is 0 Å². The maximum absolute atomic E-state index is 5.88. The quantitative estimate of drug-likeness (QED) is 0.744. The van der Waals surface area contributed by atoms with Gasteiger partial charge in [0.1, 0.15) is 11.9 Å². The van der Waals surface area contributed by atoms with E-state index in [2.05, 4.69) is 34.2 Å². The summed E-state index contributed by atoms with van der Waals surface area (Å²) in [6.45, 7) is 5.60. The predicted octanol–water partition coefficient (Wildman–Crippen LogP) is 3.16. The summed E-state index contributed by atoms with van der Waals surface area (Å²) in [6, 6.07) is 6.20. The molecule has 1 aromatic rings. The van der Waals surface area contributed by atoms with Gasteiger partial charge in [0.05, 0.1) is 6.61 Å². The maximum Gasteiger partial charge on any atom is 0.123 e. The Bertz CT molecular complexity index is 398. The van der Waals surface area contributed by atoms with Crippen LogP contribution in [0.1, 0.15) is 25.3 Å². The minimum atomic E-state index is 0.250. The second kappa shape index (κ2) is 7.88. The highest BCUT2D eigenvalue weighted by molar-refractivity contribution is 9.10. The van der Waals surface area contributed by atoms with Crippen LogP contribution >= 0.6 is 15.9 Å². The van der Waals surface area contributed by atoms with Gasteiger partial charge in [-0.15, -0.1) is 0 Å². The Morgan fingerprint density at radius 1 is 1.42 bits per heavy atom. The van der Waals surface area contributed by atoms with Crippen molar-refractivity contribution < 1.29 is 9.47 Å². The Morgan fingerprint density at radius 3 is 3.16 bits per heavy atom. The number of ether oxygens (including phenoxy) is 2. The Kier molecular flexibility index (Phi) is 6.14. The van der Waals surface area contributed by atoms with E-state index in [0.717, 1.165) is 49.4 Å². The lowest BCUT2D eigenvalue weighted by Crippen LogP contribution is -2.32. The highest BCUT2D eigenvalue weighted by atomic mass is 79.9. The van der Waals surface area contributed by atoms with Crippen molar-refractivity contribution in [1.82, 2.24) is 5.32 Å². The van der Waals surface area contributed by atoms with Crippen molar-refractivity contribution in [2.75, 3.05) is 26.3 Å². The van der Waals surface area contributed by atoms with Crippen LogP contribution in [0, 0.1) is 0 Å². The second-order valence-corrected chi connectivity index (χ2v) is 5.78. The third kappa shape index (κ3) is 4.79. The molecule has 4 heteroatoms. The summed E-state index contributed by atoms with van der Waals surface area (Å²) in [6.07, 6.45) is 3.57. The zero-order valence-corrected chi connectivity index (χ0v) is 13.0. The third-order valence-electron chi connectivity index (χ3n) is 3.20. The second-order valence-electron chi connectivity index (χ2n) is 4.87. The number of fused-ring (bicyclic) bond motifs is 1. The molecule has 106 valence electrons. The van der Waals surface area contributed by atoms with Crippen molar-refractivity contribution in [1.29, 1.82) is 0 Å². The first-order valence-corrected chi connectivity index (χ1v) is 7.82. The van der Waals surface area contributed by atoms with Gasteiger partial charge in [0.2, 0.25) is 0 Å². The van der Waals surface area contributed by atoms with Gasteiger partial charge in [-0.1, -0.05) is 29.3 Å². The van der Waals surface area contributed by atoms with Crippen LogP contribution in [0.5, 0.6) is 5.75 Å². The number of halogens is 1. The SMILES string of the molecule is CCCCOCCNCC1Cc2cc(Br)ccc2O1. The minimum Gasteiger partial charge on any atom is -0.488 e. The van der Waals surface area contributed by atoms with E-state index in [1.165, 1.54) is 12.0 Å². The molecule has 19 heavy (non-hydrogen) atoms. The van der Waals surface area contributed by atoms with Crippen LogP contribution in [0.25, 0.3) is 0 Å². The molecule has 0 radical (unpaired) electrons. The molecule has 1 unspecified atom stereocenters. The topological polar surface area (TPSA) is 30.5 Å². The number of benzene rings is 1. The summed E-state index contributed by atoms with van der Waals surface area (Å²) in [4.78, 5) is 0. The molecule has 1 aromatic carbocycles. The lowest BCUT2D eigenvalue weighted by molar-refractivity contribution is 0.129. The minimum absolute atomic E-state index is 0.250. The van der Waals surface area contributed by atoms with Gasteiger partial charge in [-0.3, -0.25) is 0 Å². The van der Waals surface area contributed by atoms with Gasteiger partial charge in [0.25, 0.3) is 0 Å². The fourth-order valence-corrected chi connectivity index (χ4v) is 2.57. The van der Waals surface area contributed by atoms with Crippen LogP contribution in [0.3, 0.4) is 0 Å². The number of nitrogens with one attached hydrogen (secondary N) is 1. The Hall–Kier alpha value is -0.580. The van der Waals surface area contributed by atoms with E-state index in [9.17, 15) is 0 Å². The summed E-state index contributed by atoms with van der Waals surface area (Å²) in [7, 11) is 0. The molecule has 1 N–H and O–H groups in total. The van der Waals surface area contributed by atoms with E-state index >= 15 is 0 Å². The van der Waals surface area contributed by atoms with Crippen molar-refractivity contribution in [3.05, 3.63) is 28.2 Å². The molecular weight excluding hydrogens is 306 g/mol. The first kappa shape index (κ1) is 14.8. The highest BCUT2D eigenvalue weighted by Gasteiger charge is 2.22. The van der Waals surface area contributed by atoms with Crippen LogP contribution in [0.15, 0.2) is 22.7 Å². The van der Waals surface area contributed by atoms with E-state index in [-0.39, 0.29) is 6.10 Å². The molecule has 0 saturated heterocycles. The third-order valence-corrected chi connectivity index (χ3v) is 3.69. The van der Waals surface area contributed by atoms with Crippen molar-refractivity contribution in [3.63, 3.8) is 0 Å². The largest absolute Gasteiger partial charge is 0.488 e. The lowest BCUT2D eigenvalue weighted by Gasteiger charge is -2.11. The fourth-order valence-electron chi connectivity index (χ4n) is 2.16. The molecular formula is C15H22BrNO2. The number of hydrogen-bond acceptors (Lipinski definition) is 3. The summed E-state index contributed by atoms with van der Waals surface area (Å²) in [5.74, 6) is 1.02. The number of unbranched alkanes of at least 4 members (excludes halogenated alkanes) is 1. The molecule has 0 saturated carbocycles. The van der Waals surface area contributed by atoms with Gasteiger partial charge < -0.3 is 14.8 Å². The molecule has 0 aromatic heterocycles. The van der Waals surface area contributed by atoms with Gasteiger partial charge in [0, 0.05) is 30.6 Å². The van der Waals surface area contributed by atoms with Crippen molar-refractivity contribution in [3.8, 4) is 5.75 Å². The van der Waals surface area contributed by atoms with E-state index < -0.39 is 0 Å². The molecule has 1 aliphatic heterocycles. The first-order chi connectivity index (χ1) is 9.29. The molecule has 0 aliphatic carbocycles. The zero-order valence-electron chi connectivity index (χ0n) is 11.5. The van der Waals surface area contributed by atoms with Crippen LogP contribution in [0.2, 0.25) is 0 Å². The smallest absolute Gasteiger partial charge is 0.123 e. The molecule has 1 heterocycles. The molecule has 1 aliphatic rings. The van der Waals surface area contributed by atoms with Crippen LogP contribution in [0.4, 0.5) is 0 Å². The van der Waals surface area contributed by atoms with Gasteiger partial charge in [-0.25, -0.2) is 0 Å². The van der Waals surface area contributed by atoms with Crippen LogP contribution < -0.4 is 10.1 Å². The molecule has 2 rings (SSSR count). The molecule has 0 amide bonds. The van der Waals surface area contributed by atoms with Crippen LogP contribution in [-0.4, -0.2) is 32.4 Å². The molecule has 3 nitrogen and oxygen atoms in total. The average Bonchev–Trinajstić information content (AvgIpc) is 2.79. The van der Waals surface area contributed by atoms with Crippen molar-refractivity contribution in [2.45, 2.75) is 32.3 Å². The lowest BCUT2D eigenvalue weighted by atomic mass is 10.1. The Balaban J connectivity index is 1.59. The number of hydrogen-bond donors (Lipinski definition) is 1. The van der Waals surface area contributed by atoms with Crippen molar-refractivity contribution in [2.24, 2.45) is 0 Å². The molecule has 0 fully saturated rings. The van der Waals surface area contributed by atoms with E-state index in [4.69, 9.17) is 9.47 Å². The predicted molar refractivity (Wildman–Crippen MR) is 80.9 cm³/mol. The van der Waals surface area contributed by atoms with Gasteiger partial charge in [0.15, 0.2) is 0 Å². The van der Waals surface area contributed by atoms with Gasteiger partial charge in [-0.2, -0.15) is 0 Å². The normalized spacial score (nSPS) is 17.3. The highest BCUT2D eigenvalue weighted by Crippen LogP contribution is 2.30. The molecule has 1 atom stereocenters. The average molecular weight is 328 g/mol. The summed E-state index contributed by atoms with van der Waals surface area (Å²) < 4.78 is 12.5. The summed E-state index contributed by atoms with van der Waals surface area (Å²) >= 11 is 3.49.